The van der Waals surface area contributed by atoms with Crippen molar-refractivity contribution in [3.8, 4) is 5.75 Å². The van der Waals surface area contributed by atoms with Crippen LogP contribution >= 0.6 is 28.3 Å². The first kappa shape index (κ1) is 16.5. The van der Waals surface area contributed by atoms with Crippen LogP contribution in [0.15, 0.2) is 22.7 Å². The average Bonchev–Trinajstić information content (AvgIpc) is 2.17. The molecule has 0 radical (unpaired) electrons. The van der Waals surface area contributed by atoms with Gasteiger partial charge in [0, 0.05) is 10.0 Å². The summed E-state index contributed by atoms with van der Waals surface area (Å²) in [5.74, 6) is -0.405. The molecule has 0 saturated carbocycles. The van der Waals surface area contributed by atoms with E-state index in [0.717, 1.165) is 6.07 Å². The number of halogens is 5. The van der Waals surface area contributed by atoms with Crippen LogP contribution in [0.4, 0.5) is 13.2 Å². The summed E-state index contributed by atoms with van der Waals surface area (Å²) in [6.07, 6.45) is -4.78. The van der Waals surface area contributed by atoms with Gasteiger partial charge in [-0.25, -0.2) is 0 Å². The van der Waals surface area contributed by atoms with E-state index >= 15 is 0 Å². The van der Waals surface area contributed by atoms with Gasteiger partial charge in [0.15, 0.2) is 0 Å². The third kappa shape index (κ3) is 5.12. The second kappa shape index (κ2) is 6.44. The Morgan fingerprint density at radius 1 is 1.41 bits per heavy atom. The molecule has 0 heterocycles. The third-order valence-corrected chi connectivity index (χ3v) is 2.29. The lowest BCUT2D eigenvalue weighted by Crippen LogP contribution is -2.21. The molecule has 0 aromatic heterocycles. The Hall–Kier alpha value is -0.500. The monoisotopic (exact) mass is 335 g/mol. The first-order valence-electron chi connectivity index (χ1n) is 4.25. The number of benzene rings is 1. The third-order valence-electron chi connectivity index (χ3n) is 1.79. The summed E-state index contributed by atoms with van der Waals surface area (Å²) in [5, 5.41) is 8.82. The van der Waals surface area contributed by atoms with Gasteiger partial charge in [0.25, 0.3) is 0 Å². The molecule has 0 fully saturated rings. The number of hydrogen-bond acceptors (Lipinski definition) is 3. The highest BCUT2D eigenvalue weighted by Gasteiger charge is 2.32. The molecule has 0 aliphatic heterocycles. The number of hydrogen-bond donors (Lipinski definition) is 2. The van der Waals surface area contributed by atoms with E-state index in [1.165, 1.54) is 12.1 Å². The van der Waals surface area contributed by atoms with Crippen LogP contribution in [-0.4, -0.2) is 18.1 Å². The molecule has 1 aromatic carbocycles. The highest BCUT2D eigenvalue weighted by Crippen LogP contribution is 2.31. The van der Waals surface area contributed by atoms with Crippen molar-refractivity contribution in [2.24, 2.45) is 5.73 Å². The van der Waals surface area contributed by atoms with E-state index in [1.54, 1.807) is 0 Å². The summed E-state index contributed by atoms with van der Waals surface area (Å²) < 4.78 is 40.5. The van der Waals surface area contributed by atoms with Gasteiger partial charge in [0.2, 0.25) is 0 Å². The minimum atomic E-state index is -4.78. The first-order valence-corrected chi connectivity index (χ1v) is 5.04. The van der Waals surface area contributed by atoms with Crippen LogP contribution in [-0.2, 0) is 0 Å². The van der Waals surface area contributed by atoms with Gasteiger partial charge < -0.3 is 15.6 Å². The molecule has 3 N–H and O–H groups in total. The summed E-state index contributed by atoms with van der Waals surface area (Å²) >= 11 is 3.10. The summed E-state index contributed by atoms with van der Waals surface area (Å²) in [6, 6.07) is 2.99. The second-order valence-electron chi connectivity index (χ2n) is 3.02. The van der Waals surface area contributed by atoms with Gasteiger partial charge in [0.1, 0.15) is 5.75 Å². The lowest BCUT2D eigenvalue weighted by Gasteiger charge is -2.16. The standard InChI is InChI=1S/C9H9BrF3NO2.ClH/c10-5-1-2-8(16-9(11,12)13)6(3-5)7(14)4-15;/h1-3,7,15H,4,14H2;1H/t7-;/m1./s1. The molecule has 0 amide bonds. The van der Waals surface area contributed by atoms with Crippen molar-refractivity contribution in [3.05, 3.63) is 28.2 Å². The number of alkyl halides is 3. The van der Waals surface area contributed by atoms with Crippen LogP contribution in [0.25, 0.3) is 0 Å². The average molecular weight is 337 g/mol. The summed E-state index contributed by atoms with van der Waals surface area (Å²) in [6.45, 7) is -0.468. The Morgan fingerprint density at radius 3 is 2.47 bits per heavy atom. The number of ether oxygens (including phenoxy) is 1. The van der Waals surface area contributed by atoms with E-state index in [2.05, 4.69) is 20.7 Å². The normalized spacial score (nSPS) is 12.8. The topological polar surface area (TPSA) is 55.5 Å². The number of nitrogens with two attached hydrogens (primary N) is 1. The Bertz CT molecular complexity index is 376. The van der Waals surface area contributed by atoms with Crippen molar-refractivity contribution in [2.45, 2.75) is 12.4 Å². The van der Waals surface area contributed by atoms with Crippen molar-refractivity contribution in [2.75, 3.05) is 6.61 Å². The highest BCUT2D eigenvalue weighted by atomic mass is 79.9. The van der Waals surface area contributed by atoms with Gasteiger partial charge in [-0.2, -0.15) is 0 Å². The maximum atomic E-state index is 12.1. The fourth-order valence-corrected chi connectivity index (χ4v) is 1.50. The molecule has 3 nitrogen and oxygen atoms in total. The number of rotatable bonds is 3. The smallest absolute Gasteiger partial charge is 0.405 e. The molecule has 0 aliphatic carbocycles. The summed E-state index contributed by atoms with van der Waals surface area (Å²) in [4.78, 5) is 0. The van der Waals surface area contributed by atoms with Crippen molar-refractivity contribution in [3.63, 3.8) is 0 Å². The second-order valence-corrected chi connectivity index (χ2v) is 3.93. The zero-order chi connectivity index (χ0) is 12.3. The lowest BCUT2D eigenvalue weighted by atomic mass is 10.1. The lowest BCUT2D eigenvalue weighted by molar-refractivity contribution is -0.275. The van der Waals surface area contributed by atoms with Crippen molar-refractivity contribution >= 4 is 28.3 Å². The van der Waals surface area contributed by atoms with E-state index in [4.69, 9.17) is 10.8 Å². The van der Waals surface area contributed by atoms with E-state index in [9.17, 15) is 13.2 Å². The molecule has 0 aliphatic rings. The Kier molecular flexibility index (Phi) is 6.25. The molecule has 98 valence electrons. The van der Waals surface area contributed by atoms with Gasteiger partial charge in [-0.1, -0.05) is 15.9 Å². The van der Waals surface area contributed by atoms with E-state index in [1.807, 2.05) is 0 Å². The molecule has 0 spiro atoms. The summed E-state index contributed by atoms with van der Waals surface area (Å²) in [7, 11) is 0. The van der Waals surface area contributed by atoms with Crippen LogP contribution in [0.2, 0.25) is 0 Å². The summed E-state index contributed by atoms with van der Waals surface area (Å²) in [5.41, 5.74) is 5.56. The Morgan fingerprint density at radius 2 is 2.00 bits per heavy atom. The maximum Gasteiger partial charge on any atom is 0.573 e. The molecule has 1 aromatic rings. The zero-order valence-corrected chi connectivity index (χ0v) is 10.8. The SMILES string of the molecule is Cl.N[C@H](CO)c1cc(Br)ccc1OC(F)(F)F. The molecule has 0 saturated heterocycles. The highest BCUT2D eigenvalue weighted by molar-refractivity contribution is 9.10. The predicted octanol–water partition coefficient (Wildman–Crippen LogP) is 2.76. The van der Waals surface area contributed by atoms with Crippen molar-refractivity contribution < 1.29 is 23.0 Å². The molecule has 0 bridgehead atoms. The van der Waals surface area contributed by atoms with Gasteiger partial charge in [-0.15, -0.1) is 25.6 Å². The van der Waals surface area contributed by atoms with Gasteiger partial charge in [-0.05, 0) is 18.2 Å². The van der Waals surface area contributed by atoms with Crippen LogP contribution in [0.3, 0.4) is 0 Å². The van der Waals surface area contributed by atoms with Gasteiger partial charge in [-0.3, -0.25) is 0 Å². The molecule has 17 heavy (non-hydrogen) atoms. The van der Waals surface area contributed by atoms with Crippen molar-refractivity contribution in [1.82, 2.24) is 0 Å². The zero-order valence-electron chi connectivity index (χ0n) is 8.37. The molecular formula is C9H10BrClF3NO2. The van der Waals surface area contributed by atoms with E-state index in [0.29, 0.717) is 4.47 Å². The van der Waals surface area contributed by atoms with Gasteiger partial charge >= 0.3 is 6.36 Å². The molecule has 8 heteroatoms. The molecule has 1 rings (SSSR count). The maximum absolute atomic E-state index is 12.1. The molecular weight excluding hydrogens is 326 g/mol. The fraction of sp³-hybridized carbons (Fsp3) is 0.333. The van der Waals surface area contributed by atoms with Gasteiger partial charge in [0.05, 0.1) is 12.6 Å². The Balaban J connectivity index is 0.00000256. The quantitative estimate of drug-likeness (QED) is 0.892. The Labute approximate surface area is 110 Å². The minimum absolute atomic E-state index is 0. The number of aliphatic hydroxyl groups is 1. The fourth-order valence-electron chi connectivity index (χ4n) is 1.13. The first-order chi connectivity index (χ1) is 7.33. The van der Waals surface area contributed by atoms with Crippen molar-refractivity contribution in [1.29, 1.82) is 0 Å². The van der Waals surface area contributed by atoms with E-state index in [-0.39, 0.29) is 18.0 Å². The van der Waals surface area contributed by atoms with E-state index < -0.39 is 24.8 Å². The van der Waals surface area contributed by atoms with Crippen LogP contribution in [0.5, 0.6) is 5.75 Å². The molecule has 0 unspecified atom stereocenters. The predicted molar refractivity (Wildman–Crippen MR) is 62.1 cm³/mol. The number of aliphatic hydroxyl groups excluding tert-OH is 1. The van der Waals surface area contributed by atoms with Crippen LogP contribution < -0.4 is 10.5 Å². The largest absolute Gasteiger partial charge is 0.573 e. The molecule has 1 atom stereocenters. The van der Waals surface area contributed by atoms with Crippen LogP contribution in [0.1, 0.15) is 11.6 Å². The minimum Gasteiger partial charge on any atom is -0.405 e. The van der Waals surface area contributed by atoms with Crippen LogP contribution in [0, 0.1) is 0 Å².